The number of anilines is 1. The van der Waals surface area contributed by atoms with Crippen molar-refractivity contribution in [1.29, 1.82) is 0 Å². The molecule has 0 fully saturated rings. The van der Waals surface area contributed by atoms with Crippen LogP contribution in [0.3, 0.4) is 0 Å². The van der Waals surface area contributed by atoms with Crippen molar-refractivity contribution >= 4 is 17.4 Å². The van der Waals surface area contributed by atoms with Crippen LogP contribution in [0.1, 0.15) is 5.56 Å². The third-order valence-corrected chi connectivity index (χ3v) is 4.30. The van der Waals surface area contributed by atoms with E-state index in [1.807, 2.05) is 13.1 Å². The molecule has 3 N–H and O–H groups in total. The third kappa shape index (κ3) is 3.95. The minimum atomic E-state index is -0.173. The highest BCUT2D eigenvalue weighted by Crippen LogP contribution is 2.23. The van der Waals surface area contributed by atoms with E-state index in [0.29, 0.717) is 4.90 Å². The van der Waals surface area contributed by atoms with Gasteiger partial charge in [-0.25, -0.2) is 4.39 Å². The van der Waals surface area contributed by atoms with E-state index in [1.54, 1.807) is 30.6 Å². The lowest BCUT2D eigenvalue weighted by atomic mass is 10.1. The quantitative estimate of drug-likeness (QED) is 0.804. The molecule has 20 heavy (non-hydrogen) atoms. The number of nitrogens with two attached hydrogens (primary N) is 1. The van der Waals surface area contributed by atoms with Gasteiger partial charge in [-0.1, -0.05) is 12.1 Å². The van der Waals surface area contributed by atoms with E-state index in [4.69, 9.17) is 5.73 Å². The number of hydrogen-bond donors (Lipinski definition) is 2. The van der Waals surface area contributed by atoms with Crippen molar-refractivity contribution in [1.82, 2.24) is 10.3 Å². The normalized spacial score (nSPS) is 12.3. The maximum absolute atomic E-state index is 13.6. The van der Waals surface area contributed by atoms with E-state index in [1.165, 1.54) is 17.8 Å². The highest BCUT2D eigenvalue weighted by Gasteiger charge is 2.11. The Kier molecular flexibility index (Phi) is 5.38. The summed E-state index contributed by atoms with van der Waals surface area (Å²) in [5.41, 5.74) is 7.68. The van der Waals surface area contributed by atoms with Crippen molar-refractivity contribution in [2.45, 2.75) is 17.4 Å². The molecule has 0 aliphatic heterocycles. The first kappa shape index (κ1) is 14.8. The Morgan fingerprint density at radius 2 is 2.15 bits per heavy atom. The van der Waals surface area contributed by atoms with E-state index in [9.17, 15) is 4.39 Å². The molecular formula is C15H18FN3S. The van der Waals surface area contributed by atoms with Crippen molar-refractivity contribution in [2.75, 3.05) is 18.5 Å². The molecule has 0 radical (unpaired) electrons. The van der Waals surface area contributed by atoms with E-state index in [0.717, 1.165) is 23.4 Å². The van der Waals surface area contributed by atoms with E-state index in [2.05, 4.69) is 10.3 Å². The second-order valence-electron chi connectivity index (χ2n) is 4.51. The summed E-state index contributed by atoms with van der Waals surface area (Å²) in [7, 11) is 1.90. The molecule has 0 aliphatic rings. The van der Waals surface area contributed by atoms with Crippen LogP contribution in [0.25, 0.3) is 0 Å². The molecule has 3 nitrogen and oxygen atoms in total. The van der Waals surface area contributed by atoms with Gasteiger partial charge in [0.2, 0.25) is 0 Å². The molecule has 1 atom stereocenters. The third-order valence-electron chi connectivity index (χ3n) is 3.09. The van der Waals surface area contributed by atoms with Crippen LogP contribution >= 0.6 is 11.8 Å². The summed E-state index contributed by atoms with van der Waals surface area (Å²) in [4.78, 5) is 4.76. The van der Waals surface area contributed by atoms with Gasteiger partial charge in [-0.15, -0.1) is 11.8 Å². The Bertz CT molecular complexity index is 562. The second kappa shape index (κ2) is 7.26. The first-order valence-corrected chi connectivity index (χ1v) is 7.42. The molecule has 2 aromatic rings. The second-order valence-corrected chi connectivity index (χ2v) is 5.57. The van der Waals surface area contributed by atoms with Gasteiger partial charge in [-0.3, -0.25) is 4.98 Å². The average Bonchev–Trinajstić information content (AvgIpc) is 2.47. The molecule has 2 rings (SSSR count). The number of likely N-dealkylation sites (N-methyl/N-ethyl adjacent to an activating group) is 1. The fourth-order valence-corrected chi connectivity index (χ4v) is 2.92. The zero-order valence-corrected chi connectivity index (χ0v) is 12.2. The molecule has 0 amide bonds. The zero-order valence-electron chi connectivity index (χ0n) is 11.3. The number of rotatable bonds is 6. The molecule has 0 spiro atoms. The molecule has 0 saturated heterocycles. The number of benzene rings is 1. The molecule has 5 heteroatoms. The van der Waals surface area contributed by atoms with Crippen molar-refractivity contribution in [3.8, 4) is 0 Å². The molecule has 0 aliphatic carbocycles. The van der Waals surface area contributed by atoms with Gasteiger partial charge in [-0.2, -0.15) is 0 Å². The Hall–Kier alpha value is -1.59. The first-order valence-electron chi connectivity index (χ1n) is 6.43. The van der Waals surface area contributed by atoms with Crippen LogP contribution in [-0.2, 0) is 6.42 Å². The zero-order chi connectivity index (χ0) is 14.4. The van der Waals surface area contributed by atoms with Crippen LogP contribution in [0.15, 0.2) is 47.6 Å². The van der Waals surface area contributed by atoms with Crippen LogP contribution < -0.4 is 11.1 Å². The summed E-state index contributed by atoms with van der Waals surface area (Å²) in [6.07, 6.45) is 4.24. The Morgan fingerprint density at radius 3 is 2.85 bits per heavy atom. The fraction of sp³-hybridized carbons (Fsp3) is 0.267. The number of nitrogens with one attached hydrogen (secondary N) is 1. The average molecular weight is 291 g/mol. The first-order chi connectivity index (χ1) is 9.70. The minimum Gasteiger partial charge on any atom is -0.398 e. The molecule has 1 aromatic heterocycles. The Labute approximate surface area is 122 Å². The maximum Gasteiger partial charge on any atom is 0.136 e. The molecule has 0 saturated carbocycles. The minimum absolute atomic E-state index is 0.173. The molecule has 0 bridgehead atoms. The highest BCUT2D eigenvalue weighted by atomic mass is 32.2. The Morgan fingerprint density at radius 1 is 1.35 bits per heavy atom. The van der Waals surface area contributed by atoms with E-state index < -0.39 is 0 Å². The molecule has 106 valence electrons. The monoisotopic (exact) mass is 291 g/mol. The van der Waals surface area contributed by atoms with Crippen molar-refractivity contribution in [3.63, 3.8) is 0 Å². The van der Waals surface area contributed by atoms with E-state index >= 15 is 0 Å². The summed E-state index contributed by atoms with van der Waals surface area (Å²) in [5.74, 6) is 0.597. The lowest BCUT2D eigenvalue weighted by molar-refractivity contribution is 0.598. The van der Waals surface area contributed by atoms with Gasteiger partial charge in [0.1, 0.15) is 5.82 Å². The number of nitrogen functional groups attached to an aromatic ring is 1. The van der Waals surface area contributed by atoms with Gasteiger partial charge in [0.25, 0.3) is 0 Å². The van der Waals surface area contributed by atoms with Crippen LogP contribution in [0.5, 0.6) is 0 Å². The number of hydrogen-bond acceptors (Lipinski definition) is 4. The molecule has 1 unspecified atom stereocenters. The lowest BCUT2D eigenvalue weighted by Gasteiger charge is -2.16. The number of thioether (sulfide) groups is 1. The number of nitrogens with zero attached hydrogens (tertiary/aromatic N) is 1. The van der Waals surface area contributed by atoms with Crippen molar-refractivity contribution < 1.29 is 4.39 Å². The lowest BCUT2D eigenvalue weighted by Crippen LogP contribution is -2.30. The van der Waals surface area contributed by atoms with Crippen molar-refractivity contribution in [3.05, 3.63) is 54.1 Å². The highest BCUT2D eigenvalue weighted by molar-refractivity contribution is 7.99. The summed E-state index contributed by atoms with van der Waals surface area (Å²) in [6.45, 7) is 0. The smallest absolute Gasteiger partial charge is 0.136 e. The molecule has 1 heterocycles. The summed E-state index contributed by atoms with van der Waals surface area (Å²) in [6, 6.07) is 8.84. The van der Waals surface area contributed by atoms with E-state index in [-0.39, 0.29) is 11.9 Å². The number of pyridine rings is 1. The summed E-state index contributed by atoms with van der Waals surface area (Å²) >= 11 is 1.51. The topological polar surface area (TPSA) is 50.9 Å². The summed E-state index contributed by atoms with van der Waals surface area (Å²) < 4.78 is 13.6. The fourth-order valence-electron chi connectivity index (χ4n) is 1.87. The van der Waals surface area contributed by atoms with Crippen molar-refractivity contribution in [2.24, 2.45) is 0 Å². The summed E-state index contributed by atoms with van der Waals surface area (Å²) in [5, 5.41) is 3.24. The van der Waals surface area contributed by atoms with Gasteiger partial charge in [0.15, 0.2) is 0 Å². The van der Waals surface area contributed by atoms with Crippen LogP contribution in [0.4, 0.5) is 10.1 Å². The maximum atomic E-state index is 13.6. The van der Waals surface area contributed by atoms with Gasteiger partial charge in [0.05, 0.1) is 0 Å². The van der Waals surface area contributed by atoms with Gasteiger partial charge in [-0.05, 0) is 37.2 Å². The number of halogens is 1. The SMILES string of the molecule is CNC(CSc1ccccc1F)Cc1cnccc1N. The predicted molar refractivity (Wildman–Crippen MR) is 82.3 cm³/mol. The number of aromatic nitrogens is 1. The molecular weight excluding hydrogens is 273 g/mol. The standard InChI is InChI=1S/C15H18FN3S/c1-18-12(8-11-9-19-7-6-14(11)17)10-20-15-5-3-2-4-13(15)16/h2-7,9,12,18H,8,10H2,1H3,(H2,17,19). The predicted octanol–water partition coefficient (Wildman–Crippen LogP) is 2.73. The Balaban J connectivity index is 1.96. The van der Waals surface area contributed by atoms with Gasteiger partial charge < -0.3 is 11.1 Å². The largest absolute Gasteiger partial charge is 0.398 e. The van der Waals surface area contributed by atoms with Crippen LogP contribution in [0.2, 0.25) is 0 Å². The van der Waals surface area contributed by atoms with Crippen LogP contribution in [-0.4, -0.2) is 23.8 Å². The van der Waals surface area contributed by atoms with Gasteiger partial charge >= 0.3 is 0 Å². The van der Waals surface area contributed by atoms with Crippen LogP contribution in [0, 0.1) is 5.82 Å². The molecule has 1 aromatic carbocycles. The van der Waals surface area contributed by atoms with Gasteiger partial charge in [0, 0.05) is 34.8 Å².